The minimum Gasteiger partial charge on any atom is -0.394 e. The van der Waals surface area contributed by atoms with Gasteiger partial charge in [0.2, 0.25) is 0 Å². The monoisotopic (exact) mass is 175 g/mol. The second-order valence-electron chi connectivity index (χ2n) is 3.13. The van der Waals surface area contributed by atoms with Gasteiger partial charge in [-0.25, -0.2) is 0 Å². The molecule has 72 valence electrons. The Morgan fingerprint density at radius 3 is 2.67 bits per heavy atom. The van der Waals surface area contributed by atoms with E-state index < -0.39 is 6.10 Å². The van der Waals surface area contributed by atoms with Crippen molar-refractivity contribution in [3.63, 3.8) is 0 Å². The average molecular weight is 175 g/mol. The van der Waals surface area contributed by atoms with Gasteiger partial charge in [0.05, 0.1) is 12.7 Å². The highest BCUT2D eigenvalue weighted by atomic mass is 16.5. The van der Waals surface area contributed by atoms with Crippen molar-refractivity contribution in [2.24, 2.45) is 0 Å². The lowest BCUT2D eigenvalue weighted by atomic mass is 10.1. The van der Waals surface area contributed by atoms with E-state index in [4.69, 9.17) is 14.9 Å². The van der Waals surface area contributed by atoms with Crippen LogP contribution in [0.5, 0.6) is 0 Å². The van der Waals surface area contributed by atoms with Crippen LogP contribution in [0.25, 0.3) is 0 Å². The summed E-state index contributed by atoms with van der Waals surface area (Å²) in [6, 6.07) is 0.444. The standard InChI is InChI=1S/C8H17NO3/c10-6-8(11)5-9-7-1-3-12-4-2-7/h7-11H,1-6H2. The van der Waals surface area contributed by atoms with Crippen molar-refractivity contribution in [3.8, 4) is 0 Å². The van der Waals surface area contributed by atoms with Gasteiger partial charge in [-0.1, -0.05) is 0 Å². The van der Waals surface area contributed by atoms with Crippen LogP contribution in [0, 0.1) is 0 Å². The van der Waals surface area contributed by atoms with Gasteiger partial charge in [0.25, 0.3) is 0 Å². The third-order valence-corrected chi connectivity index (χ3v) is 2.07. The highest BCUT2D eigenvalue weighted by Gasteiger charge is 2.13. The molecule has 0 aromatic heterocycles. The summed E-state index contributed by atoms with van der Waals surface area (Å²) in [7, 11) is 0. The number of aliphatic hydroxyl groups excluding tert-OH is 2. The van der Waals surface area contributed by atoms with Gasteiger partial charge >= 0.3 is 0 Å². The van der Waals surface area contributed by atoms with Crippen LogP contribution in [-0.2, 0) is 4.74 Å². The Hall–Kier alpha value is -0.160. The first-order valence-electron chi connectivity index (χ1n) is 4.43. The van der Waals surface area contributed by atoms with Crippen molar-refractivity contribution in [1.29, 1.82) is 0 Å². The molecule has 1 fully saturated rings. The summed E-state index contributed by atoms with van der Waals surface area (Å²) in [5.41, 5.74) is 0. The van der Waals surface area contributed by atoms with Crippen molar-refractivity contribution in [3.05, 3.63) is 0 Å². The number of rotatable bonds is 4. The SMILES string of the molecule is OCC(O)CNC1CCOCC1. The van der Waals surface area contributed by atoms with Gasteiger partial charge in [-0.05, 0) is 12.8 Å². The smallest absolute Gasteiger partial charge is 0.0895 e. The Labute approximate surface area is 72.5 Å². The normalized spacial score (nSPS) is 22.5. The van der Waals surface area contributed by atoms with E-state index in [1.165, 1.54) is 0 Å². The molecule has 0 spiro atoms. The van der Waals surface area contributed by atoms with E-state index in [2.05, 4.69) is 5.32 Å². The molecule has 1 atom stereocenters. The van der Waals surface area contributed by atoms with E-state index in [0.29, 0.717) is 12.6 Å². The van der Waals surface area contributed by atoms with Gasteiger partial charge in [0, 0.05) is 25.8 Å². The third kappa shape index (κ3) is 3.49. The van der Waals surface area contributed by atoms with Crippen molar-refractivity contribution in [2.45, 2.75) is 25.0 Å². The second kappa shape index (κ2) is 5.48. The maximum atomic E-state index is 9.04. The fourth-order valence-electron chi connectivity index (χ4n) is 1.27. The maximum Gasteiger partial charge on any atom is 0.0895 e. The molecule has 0 aliphatic carbocycles. The molecule has 1 unspecified atom stereocenters. The molecule has 12 heavy (non-hydrogen) atoms. The van der Waals surface area contributed by atoms with Crippen LogP contribution in [-0.4, -0.2) is 48.7 Å². The Bertz CT molecular complexity index is 115. The molecule has 1 heterocycles. The zero-order valence-corrected chi connectivity index (χ0v) is 7.20. The number of nitrogens with one attached hydrogen (secondary N) is 1. The molecule has 4 heteroatoms. The molecule has 1 rings (SSSR count). The summed E-state index contributed by atoms with van der Waals surface area (Å²) >= 11 is 0. The number of aliphatic hydroxyl groups is 2. The molecule has 3 N–H and O–H groups in total. The van der Waals surface area contributed by atoms with E-state index in [0.717, 1.165) is 26.1 Å². The van der Waals surface area contributed by atoms with Gasteiger partial charge < -0.3 is 20.3 Å². The van der Waals surface area contributed by atoms with Crippen LogP contribution in [0.3, 0.4) is 0 Å². The Morgan fingerprint density at radius 2 is 2.08 bits per heavy atom. The summed E-state index contributed by atoms with van der Waals surface area (Å²) in [4.78, 5) is 0. The van der Waals surface area contributed by atoms with Crippen molar-refractivity contribution in [1.82, 2.24) is 5.32 Å². The maximum absolute atomic E-state index is 9.04. The van der Waals surface area contributed by atoms with Gasteiger partial charge in [0.1, 0.15) is 0 Å². The zero-order chi connectivity index (χ0) is 8.81. The van der Waals surface area contributed by atoms with Crippen molar-refractivity contribution in [2.75, 3.05) is 26.4 Å². The first-order valence-corrected chi connectivity index (χ1v) is 4.43. The molecule has 4 nitrogen and oxygen atoms in total. The molecule has 0 aromatic carbocycles. The molecule has 0 amide bonds. The Kier molecular flexibility index (Phi) is 4.53. The molecule has 1 saturated heterocycles. The van der Waals surface area contributed by atoms with Crippen LogP contribution in [0.2, 0.25) is 0 Å². The van der Waals surface area contributed by atoms with Crippen molar-refractivity contribution >= 4 is 0 Å². The number of hydrogen-bond donors (Lipinski definition) is 3. The van der Waals surface area contributed by atoms with E-state index in [9.17, 15) is 0 Å². The van der Waals surface area contributed by atoms with E-state index >= 15 is 0 Å². The summed E-state index contributed by atoms with van der Waals surface area (Å²) in [5.74, 6) is 0. The molecule has 0 saturated carbocycles. The summed E-state index contributed by atoms with van der Waals surface area (Å²) in [6.45, 7) is 1.90. The number of hydrogen-bond acceptors (Lipinski definition) is 4. The average Bonchev–Trinajstić information content (AvgIpc) is 2.16. The summed E-state index contributed by atoms with van der Waals surface area (Å²) < 4.78 is 5.18. The molecule has 0 aromatic rings. The molecule has 0 radical (unpaired) electrons. The van der Waals surface area contributed by atoms with Gasteiger partial charge in [-0.3, -0.25) is 0 Å². The summed E-state index contributed by atoms with van der Waals surface area (Å²) in [5, 5.41) is 20.8. The minimum absolute atomic E-state index is 0.170. The quantitative estimate of drug-likeness (QED) is 0.518. The largest absolute Gasteiger partial charge is 0.394 e. The molecular weight excluding hydrogens is 158 g/mol. The van der Waals surface area contributed by atoms with Crippen LogP contribution in [0.4, 0.5) is 0 Å². The molecule has 1 aliphatic rings. The van der Waals surface area contributed by atoms with E-state index in [1.807, 2.05) is 0 Å². The Balaban J connectivity index is 2.05. The molecule has 0 bridgehead atoms. The lowest BCUT2D eigenvalue weighted by Crippen LogP contribution is -2.40. The van der Waals surface area contributed by atoms with E-state index in [-0.39, 0.29) is 6.61 Å². The van der Waals surface area contributed by atoms with E-state index in [1.54, 1.807) is 0 Å². The van der Waals surface area contributed by atoms with Crippen LogP contribution >= 0.6 is 0 Å². The molecule has 1 aliphatic heterocycles. The van der Waals surface area contributed by atoms with Gasteiger partial charge in [0.15, 0.2) is 0 Å². The fourth-order valence-corrected chi connectivity index (χ4v) is 1.27. The second-order valence-corrected chi connectivity index (χ2v) is 3.13. The number of ether oxygens (including phenoxy) is 1. The summed E-state index contributed by atoms with van der Waals surface area (Å²) in [6.07, 6.45) is 1.36. The third-order valence-electron chi connectivity index (χ3n) is 2.07. The first-order chi connectivity index (χ1) is 5.83. The van der Waals surface area contributed by atoms with Gasteiger partial charge in [-0.15, -0.1) is 0 Å². The predicted molar refractivity (Wildman–Crippen MR) is 44.9 cm³/mol. The highest BCUT2D eigenvalue weighted by molar-refractivity contribution is 4.71. The first kappa shape index (κ1) is 9.92. The van der Waals surface area contributed by atoms with Crippen LogP contribution in [0.15, 0.2) is 0 Å². The lowest BCUT2D eigenvalue weighted by molar-refractivity contribution is 0.0624. The van der Waals surface area contributed by atoms with Crippen LogP contribution < -0.4 is 5.32 Å². The predicted octanol–water partition coefficient (Wildman–Crippen LogP) is -0.892. The topological polar surface area (TPSA) is 61.7 Å². The van der Waals surface area contributed by atoms with Gasteiger partial charge in [-0.2, -0.15) is 0 Å². The zero-order valence-electron chi connectivity index (χ0n) is 7.20. The van der Waals surface area contributed by atoms with Crippen molar-refractivity contribution < 1.29 is 14.9 Å². The fraction of sp³-hybridized carbons (Fsp3) is 1.00. The molecular formula is C8H17NO3. The Morgan fingerprint density at radius 1 is 1.42 bits per heavy atom. The van der Waals surface area contributed by atoms with Crippen LogP contribution in [0.1, 0.15) is 12.8 Å². The minimum atomic E-state index is -0.632. The lowest BCUT2D eigenvalue weighted by Gasteiger charge is -2.24. The highest BCUT2D eigenvalue weighted by Crippen LogP contribution is 2.05.